The second kappa shape index (κ2) is 10.5. The van der Waals surface area contributed by atoms with Crippen LogP contribution in [-0.4, -0.2) is 66.0 Å². The number of nitrogens with one attached hydrogen (secondary N) is 1. The zero-order valence-corrected chi connectivity index (χ0v) is 19.3. The van der Waals surface area contributed by atoms with Crippen molar-refractivity contribution in [1.82, 2.24) is 9.21 Å². The van der Waals surface area contributed by atoms with E-state index >= 15 is 0 Å². The van der Waals surface area contributed by atoms with E-state index in [0.717, 1.165) is 6.42 Å². The number of nitriles is 1. The van der Waals surface area contributed by atoms with Crippen LogP contribution in [-0.2, 0) is 19.6 Å². The fourth-order valence-electron chi connectivity index (χ4n) is 3.80. The molecule has 8 nitrogen and oxygen atoms in total. The number of amides is 2. The molecule has 1 aromatic rings. The summed E-state index contributed by atoms with van der Waals surface area (Å²) in [6.07, 6.45) is 2.43. The van der Waals surface area contributed by atoms with Gasteiger partial charge in [0.1, 0.15) is 6.04 Å². The molecule has 1 N–H and O–H groups in total. The molecule has 1 aromatic carbocycles. The Labute approximate surface area is 188 Å². The first-order valence-electron chi connectivity index (χ1n) is 10.5. The summed E-state index contributed by atoms with van der Waals surface area (Å²) in [5, 5.41) is 11.7. The van der Waals surface area contributed by atoms with Crippen LogP contribution in [0.15, 0.2) is 24.3 Å². The Hall–Kier alpha value is -2.09. The smallest absolute Gasteiger partial charge is 0.248 e. The van der Waals surface area contributed by atoms with Gasteiger partial charge in [-0.2, -0.15) is 5.26 Å². The molecule has 2 aliphatic heterocycles. The maximum atomic E-state index is 13.1. The Balaban J connectivity index is 1.57. The van der Waals surface area contributed by atoms with E-state index in [-0.39, 0.29) is 23.5 Å². The van der Waals surface area contributed by atoms with Crippen LogP contribution in [0.4, 0.5) is 5.69 Å². The Morgan fingerprint density at radius 2 is 1.90 bits per heavy atom. The molecular formula is C21H28N4O4S2. The van der Waals surface area contributed by atoms with E-state index in [9.17, 15) is 18.0 Å². The lowest BCUT2D eigenvalue weighted by Crippen LogP contribution is -2.49. The minimum Gasteiger partial charge on any atom is -0.324 e. The Bertz CT molecular complexity index is 935. The summed E-state index contributed by atoms with van der Waals surface area (Å²) in [6.45, 7) is 2.67. The Kier molecular flexibility index (Phi) is 7.97. The lowest BCUT2D eigenvalue weighted by molar-refractivity contribution is -0.140. The van der Waals surface area contributed by atoms with Crippen molar-refractivity contribution in [3.05, 3.63) is 29.8 Å². The van der Waals surface area contributed by atoms with E-state index in [1.807, 2.05) is 13.0 Å². The largest absolute Gasteiger partial charge is 0.324 e. The lowest BCUT2D eigenvalue weighted by atomic mass is 9.96. The van der Waals surface area contributed by atoms with Crippen molar-refractivity contribution in [2.24, 2.45) is 5.92 Å². The van der Waals surface area contributed by atoms with Crippen LogP contribution in [0.2, 0.25) is 0 Å². The van der Waals surface area contributed by atoms with Crippen LogP contribution in [0.5, 0.6) is 0 Å². The lowest BCUT2D eigenvalue weighted by Gasteiger charge is -2.33. The van der Waals surface area contributed by atoms with E-state index in [2.05, 4.69) is 5.32 Å². The molecule has 2 aliphatic rings. The van der Waals surface area contributed by atoms with Gasteiger partial charge in [0.15, 0.2) is 0 Å². The van der Waals surface area contributed by atoms with Crippen LogP contribution in [0, 0.1) is 17.2 Å². The van der Waals surface area contributed by atoms with E-state index < -0.39 is 16.1 Å². The third kappa shape index (κ3) is 5.79. The highest BCUT2D eigenvalue weighted by Crippen LogP contribution is 2.28. The monoisotopic (exact) mass is 464 g/mol. The van der Waals surface area contributed by atoms with Gasteiger partial charge in [-0.15, -0.1) is 11.8 Å². The number of benzene rings is 1. The minimum atomic E-state index is -3.26. The SMILES string of the molecule is CCCCS(=O)(=O)N1CCC(C(=O)N2CSCC2C(=O)Nc2ccc(C#N)cc2)CC1. The van der Waals surface area contributed by atoms with Gasteiger partial charge in [-0.1, -0.05) is 13.3 Å². The number of rotatable bonds is 7. The second-order valence-electron chi connectivity index (χ2n) is 7.85. The Morgan fingerprint density at radius 1 is 1.23 bits per heavy atom. The van der Waals surface area contributed by atoms with Crippen molar-refractivity contribution < 1.29 is 18.0 Å². The number of thioether (sulfide) groups is 1. The number of piperidine rings is 1. The number of carbonyl (C=O) groups excluding carboxylic acids is 2. The summed E-state index contributed by atoms with van der Waals surface area (Å²) in [5.41, 5.74) is 1.09. The highest BCUT2D eigenvalue weighted by atomic mass is 32.2. The fraction of sp³-hybridized carbons (Fsp3) is 0.571. The number of anilines is 1. The number of sulfonamides is 1. The average molecular weight is 465 g/mol. The van der Waals surface area contributed by atoms with Gasteiger partial charge in [0.05, 0.1) is 23.3 Å². The molecule has 0 radical (unpaired) electrons. The van der Waals surface area contributed by atoms with Crippen LogP contribution in [0.3, 0.4) is 0 Å². The predicted octanol–water partition coefficient (Wildman–Crippen LogP) is 2.24. The third-order valence-corrected chi connectivity index (χ3v) is 8.67. The molecular weight excluding hydrogens is 436 g/mol. The molecule has 2 amide bonds. The molecule has 2 fully saturated rings. The van der Waals surface area contributed by atoms with Crippen molar-refractivity contribution in [3.63, 3.8) is 0 Å². The third-order valence-electron chi connectivity index (χ3n) is 5.70. The van der Waals surface area contributed by atoms with Crippen LogP contribution in [0.25, 0.3) is 0 Å². The fourth-order valence-corrected chi connectivity index (χ4v) is 6.64. The van der Waals surface area contributed by atoms with Crippen molar-refractivity contribution in [3.8, 4) is 6.07 Å². The summed E-state index contributed by atoms with van der Waals surface area (Å²) < 4.78 is 26.3. The number of unbranched alkanes of at least 4 members (excludes halogenated alkanes) is 1. The van der Waals surface area contributed by atoms with Gasteiger partial charge in [-0.3, -0.25) is 9.59 Å². The van der Waals surface area contributed by atoms with Gasteiger partial charge in [-0.05, 0) is 43.5 Å². The summed E-state index contributed by atoms with van der Waals surface area (Å²) in [6, 6.07) is 8.07. The highest BCUT2D eigenvalue weighted by molar-refractivity contribution is 7.99. The van der Waals surface area contributed by atoms with E-state index in [1.54, 1.807) is 29.2 Å². The number of carbonyl (C=O) groups is 2. The van der Waals surface area contributed by atoms with Gasteiger partial charge >= 0.3 is 0 Å². The zero-order valence-electron chi connectivity index (χ0n) is 17.6. The summed E-state index contributed by atoms with van der Waals surface area (Å²) >= 11 is 1.54. The van der Waals surface area contributed by atoms with E-state index in [1.165, 1.54) is 16.1 Å². The first-order valence-corrected chi connectivity index (χ1v) is 13.3. The molecule has 0 aromatic heterocycles. The van der Waals surface area contributed by atoms with E-state index in [4.69, 9.17) is 5.26 Å². The second-order valence-corrected chi connectivity index (χ2v) is 10.9. The summed E-state index contributed by atoms with van der Waals surface area (Å²) in [5.74, 6) is 0.555. The predicted molar refractivity (Wildman–Crippen MR) is 121 cm³/mol. The topological polar surface area (TPSA) is 111 Å². The first-order chi connectivity index (χ1) is 14.9. The van der Waals surface area contributed by atoms with Gasteiger partial charge in [-0.25, -0.2) is 12.7 Å². The Morgan fingerprint density at radius 3 is 2.52 bits per heavy atom. The average Bonchev–Trinajstić information content (AvgIpc) is 3.28. The normalized spacial score (nSPS) is 20.4. The van der Waals surface area contributed by atoms with Crippen molar-refractivity contribution in [2.75, 3.05) is 35.8 Å². The van der Waals surface area contributed by atoms with Crippen molar-refractivity contribution in [1.29, 1.82) is 5.26 Å². The molecule has 2 saturated heterocycles. The zero-order chi connectivity index (χ0) is 22.4. The number of hydrogen-bond acceptors (Lipinski definition) is 6. The quantitative estimate of drug-likeness (QED) is 0.663. The van der Waals surface area contributed by atoms with Crippen molar-refractivity contribution in [2.45, 2.75) is 38.6 Å². The van der Waals surface area contributed by atoms with Crippen LogP contribution < -0.4 is 5.32 Å². The molecule has 1 unspecified atom stereocenters. The van der Waals surface area contributed by atoms with Crippen molar-refractivity contribution >= 4 is 39.3 Å². The standard InChI is InChI=1S/C21H28N4O4S2/c1-2-3-12-31(28,29)24-10-8-17(9-11-24)21(27)25-15-30-14-19(25)20(26)23-18-6-4-16(13-22)5-7-18/h4-7,17,19H,2-3,8-12,14-15H2,1H3,(H,23,26). The molecule has 10 heteroatoms. The molecule has 0 bridgehead atoms. The maximum Gasteiger partial charge on any atom is 0.248 e. The molecule has 168 valence electrons. The van der Waals surface area contributed by atoms with Gasteiger partial charge in [0.2, 0.25) is 21.8 Å². The molecule has 31 heavy (non-hydrogen) atoms. The highest BCUT2D eigenvalue weighted by Gasteiger charge is 2.39. The first kappa shape index (κ1) is 23.6. The molecule has 3 rings (SSSR count). The molecule has 0 spiro atoms. The molecule has 0 saturated carbocycles. The molecule has 1 atom stereocenters. The number of hydrogen-bond donors (Lipinski definition) is 1. The molecule has 0 aliphatic carbocycles. The van der Waals surface area contributed by atoms with Crippen LogP contribution >= 0.6 is 11.8 Å². The summed E-state index contributed by atoms with van der Waals surface area (Å²) in [7, 11) is -3.26. The van der Waals surface area contributed by atoms with Crippen LogP contribution in [0.1, 0.15) is 38.2 Å². The molecule has 2 heterocycles. The van der Waals surface area contributed by atoms with Gasteiger partial charge < -0.3 is 10.2 Å². The number of nitrogens with zero attached hydrogens (tertiary/aromatic N) is 3. The van der Waals surface area contributed by atoms with E-state index in [0.29, 0.717) is 55.2 Å². The van der Waals surface area contributed by atoms with Gasteiger partial charge in [0.25, 0.3) is 0 Å². The maximum absolute atomic E-state index is 13.1. The summed E-state index contributed by atoms with van der Waals surface area (Å²) in [4.78, 5) is 27.5. The minimum absolute atomic E-state index is 0.0735. The van der Waals surface area contributed by atoms with Gasteiger partial charge in [0, 0.05) is 30.4 Å².